The molecule has 0 unspecified atom stereocenters. The van der Waals surface area contributed by atoms with Crippen molar-refractivity contribution in [2.45, 2.75) is 45.3 Å². The number of thioether (sulfide) groups is 1. The molecule has 1 amide bonds. The fraction of sp³-hybridized carbons (Fsp3) is 0.318. The Labute approximate surface area is 170 Å². The van der Waals surface area contributed by atoms with Crippen molar-refractivity contribution < 1.29 is 4.79 Å². The van der Waals surface area contributed by atoms with Crippen LogP contribution < -0.4 is 5.32 Å². The minimum atomic E-state index is -0.0406. The summed E-state index contributed by atoms with van der Waals surface area (Å²) < 4.78 is 2.06. The van der Waals surface area contributed by atoms with Gasteiger partial charge in [0.1, 0.15) is 0 Å². The van der Waals surface area contributed by atoms with E-state index in [0.717, 1.165) is 39.9 Å². The largest absolute Gasteiger partial charge is 0.325 e. The average molecular weight is 395 g/mol. The molecule has 3 rings (SSSR count). The first-order chi connectivity index (χ1) is 13.5. The third kappa shape index (κ3) is 4.44. The van der Waals surface area contributed by atoms with E-state index < -0.39 is 0 Å². The Hall–Kier alpha value is -2.60. The van der Waals surface area contributed by atoms with Gasteiger partial charge in [0.05, 0.1) is 5.75 Å². The number of rotatable bonds is 7. The van der Waals surface area contributed by atoms with Crippen molar-refractivity contribution >= 4 is 23.4 Å². The topological polar surface area (TPSA) is 59.8 Å². The molecule has 0 bridgehead atoms. The number of hydrogen-bond donors (Lipinski definition) is 1. The van der Waals surface area contributed by atoms with Gasteiger partial charge >= 0.3 is 0 Å². The Morgan fingerprint density at radius 1 is 1.11 bits per heavy atom. The zero-order valence-electron chi connectivity index (χ0n) is 16.8. The monoisotopic (exact) mass is 394 g/mol. The van der Waals surface area contributed by atoms with Gasteiger partial charge in [-0.3, -0.25) is 4.79 Å². The summed E-state index contributed by atoms with van der Waals surface area (Å²) in [5, 5.41) is 12.5. The van der Waals surface area contributed by atoms with Gasteiger partial charge in [-0.1, -0.05) is 68.1 Å². The van der Waals surface area contributed by atoms with E-state index in [-0.39, 0.29) is 5.91 Å². The number of nitrogens with zero attached hydrogens (tertiary/aromatic N) is 3. The second-order valence-corrected chi connectivity index (χ2v) is 7.89. The van der Waals surface area contributed by atoms with Crippen molar-refractivity contribution in [2.24, 2.45) is 0 Å². The maximum atomic E-state index is 12.5. The number of anilines is 1. The lowest BCUT2D eigenvalue weighted by molar-refractivity contribution is -0.113. The number of hydrogen-bond acceptors (Lipinski definition) is 4. The molecule has 1 heterocycles. The highest BCUT2D eigenvalue weighted by molar-refractivity contribution is 7.99. The van der Waals surface area contributed by atoms with Gasteiger partial charge in [-0.25, -0.2) is 0 Å². The molecular weight excluding hydrogens is 368 g/mol. The Kier molecular flexibility index (Phi) is 6.52. The van der Waals surface area contributed by atoms with E-state index in [9.17, 15) is 4.79 Å². The fourth-order valence-corrected chi connectivity index (χ4v) is 3.94. The van der Waals surface area contributed by atoms with Crippen molar-refractivity contribution in [3.63, 3.8) is 0 Å². The van der Waals surface area contributed by atoms with Gasteiger partial charge in [0.15, 0.2) is 11.0 Å². The number of aromatic nitrogens is 3. The van der Waals surface area contributed by atoms with Crippen LogP contribution in [0.2, 0.25) is 0 Å². The Balaban J connectivity index is 1.72. The molecule has 0 radical (unpaired) electrons. The van der Waals surface area contributed by atoms with Crippen LogP contribution in [0.3, 0.4) is 0 Å². The van der Waals surface area contributed by atoms with Crippen molar-refractivity contribution in [3.05, 3.63) is 59.7 Å². The SMILES string of the molecule is CCn1c(SCC(=O)Nc2ccccc2C(C)C)nnc1-c1ccccc1C. The molecule has 2 aromatic carbocycles. The Bertz CT molecular complexity index is 965. The van der Waals surface area contributed by atoms with E-state index in [0.29, 0.717) is 11.7 Å². The van der Waals surface area contributed by atoms with Gasteiger partial charge in [0, 0.05) is 17.8 Å². The first kappa shape index (κ1) is 20.1. The van der Waals surface area contributed by atoms with Gasteiger partial charge in [-0.15, -0.1) is 10.2 Å². The first-order valence-electron chi connectivity index (χ1n) is 9.52. The maximum Gasteiger partial charge on any atom is 0.234 e. The number of benzene rings is 2. The molecule has 1 aromatic heterocycles. The molecule has 0 saturated carbocycles. The molecule has 146 valence electrons. The van der Waals surface area contributed by atoms with E-state index >= 15 is 0 Å². The van der Waals surface area contributed by atoms with Crippen LogP contribution in [-0.2, 0) is 11.3 Å². The Morgan fingerprint density at radius 3 is 2.54 bits per heavy atom. The van der Waals surface area contributed by atoms with E-state index in [4.69, 9.17) is 0 Å². The summed E-state index contributed by atoms with van der Waals surface area (Å²) >= 11 is 1.41. The van der Waals surface area contributed by atoms with Crippen LogP contribution in [-0.4, -0.2) is 26.4 Å². The predicted molar refractivity (Wildman–Crippen MR) is 116 cm³/mol. The van der Waals surface area contributed by atoms with Gasteiger partial charge < -0.3 is 9.88 Å². The quantitative estimate of drug-likeness (QED) is 0.565. The highest BCUT2D eigenvalue weighted by Gasteiger charge is 2.16. The molecule has 0 saturated heterocycles. The van der Waals surface area contributed by atoms with Crippen LogP contribution in [0.25, 0.3) is 11.4 Å². The van der Waals surface area contributed by atoms with Gasteiger partial charge in [-0.05, 0) is 37.0 Å². The third-order valence-corrected chi connectivity index (χ3v) is 5.58. The molecular formula is C22H26N4OS. The van der Waals surface area contributed by atoms with Crippen LogP contribution in [0.4, 0.5) is 5.69 Å². The molecule has 1 N–H and O–H groups in total. The summed E-state index contributed by atoms with van der Waals surface area (Å²) in [6.07, 6.45) is 0. The molecule has 5 nitrogen and oxygen atoms in total. The molecule has 0 fully saturated rings. The highest BCUT2D eigenvalue weighted by Crippen LogP contribution is 2.27. The van der Waals surface area contributed by atoms with Crippen molar-refractivity contribution in [1.29, 1.82) is 0 Å². The number of aryl methyl sites for hydroxylation is 1. The highest BCUT2D eigenvalue weighted by atomic mass is 32.2. The van der Waals surface area contributed by atoms with Crippen LogP contribution >= 0.6 is 11.8 Å². The minimum absolute atomic E-state index is 0.0406. The van der Waals surface area contributed by atoms with Crippen LogP contribution in [0, 0.1) is 6.92 Å². The standard InChI is InChI=1S/C22H26N4OS/c1-5-26-21(18-12-7-6-10-16(18)4)24-25-22(26)28-14-20(27)23-19-13-9-8-11-17(19)15(2)3/h6-13,15H,5,14H2,1-4H3,(H,23,27). The molecule has 0 atom stereocenters. The van der Waals surface area contributed by atoms with Gasteiger partial charge in [0.25, 0.3) is 0 Å². The number of carbonyl (C=O) groups excluding carboxylic acids is 1. The second-order valence-electron chi connectivity index (χ2n) is 6.94. The van der Waals surface area contributed by atoms with Crippen molar-refractivity contribution in [2.75, 3.05) is 11.1 Å². The summed E-state index contributed by atoms with van der Waals surface area (Å²) in [4.78, 5) is 12.5. The van der Waals surface area contributed by atoms with E-state index in [1.54, 1.807) is 0 Å². The second kappa shape index (κ2) is 9.06. The summed E-state index contributed by atoms with van der Waals surface area (Å²) in [5.74, 6) is 1.44. The number of nitrogens with one attached hydrogen (secondary N) is 1. The lowest BCUT2D eigenvalue weighted by Gasteiger charge is -2.13. The van der Waals surface area contributed by atoms with Crippen LogP contribution in [0.15, 0.2) is 53.7 Å². The molecule has 28 heavy (non-hydrogen) atoms. The van der Waals surface area contributed by atoms with E-state index in [1.165, 1.54) is 11.8 Å². The molecule has 0 spiro atoms. The number of carbonyl (C=O) groups is 1. The van der Waals surface area contributed by atoms with Gasteiger partial charge in [-0.2, -0.15) is 0 Å². The number of amides is 1. The molecule has 0 aliphatic carbocycles. The number of para-hydroxylation sites is 1. The zero-order chi connectivity index (χ0) is 20.1. The summed E-state index contributed by atoms with van der Waals surface area (Å²) in [6.45, 7) is 9.12. The molecule has 3 aromatic rings. The van der Waals surface area contributed by atoms with E-state index in [1.807, 2.05) is 30.3 Å². The lowest BCUT2D eigenvalue weighted by atomic mass is 10.0. The third-order valence-electron chi connectivity index (χ3n) is 4.61. The lowest BCUT2D eigenvalue weighted by Crippen LogP contribution is -2.16. The fourth-order valence-electron chi connectivity index (χ4n) is 3.13. The van der Waals surface area contributed by atoms with Crippen molar-refractivity contribution in [1.82, 2.24) is 14.8 Å². The zero-order valence-corrected chi connectivity index (χ0v) is 17.6. The molecule has 0 aliphatic heterocycles. The molecule has 6 heteroatoms. The summed E-state index contributed by atoms with van der Waals surface area (Å²) in [6, 6.07) is 16.1. The van der Waals surface area contributed by atoms with E-state index in [2.05, 4.69) is 66.0 Å². The Morgan fingerprint density at radius 2 is 1.82 bits per heavy atom. The maximum absolute atomic E-state index is 12.5. The van der Waals surface area contributed by atoms with Crippen LogP contribution in [0.1, 0.15) is 37.8 Å². The predicted octanol–water partition coefficient (Wildman–Crippen LogP) is 5.13. The minimum Gasteiger partial charge on any atom is -0.325 e. The summed E-state index contributed by atoms with van der Waals surface area (Å²) in [7, 11) is 0. The van der Waals surface area contributed by atoms with Crippen LogP contribution in [0.5, 0.6) is 0 Å². The normalized spacial score (nSPS) is 11.0. The van der Waals surface area contributed by atoms with Crippen molar-refractivity contribution in [3.8, 4) is 11.4 Å². The molecule has 0 aliphatic rings. The van der Waals surface area contributed by atoms with Gasteiger partial charge in [0.2, 0.25) is 5.91 Å². The smallest absolute Gasteiger partial charge is 0.234 e. The average Bonchev–Trinajstić information content (AvgIpc) is 3.09. The first-order valence-corrected chi connectivity index (χ1v) is 10.5. The summed E-state index contributed by atoms with van der Waals surface area (Å²) in [5.41, 5.74) is 4.24.